The summed E-state index contributed by atoms with van der Waals surface area (Å²) in [4.78, 5) is 14.7. The number of hydrogen-bond donors (Lipinski definition) is 0. The maximum atomic E-state index is 12.7. The van der Waals surface area contributed by atoms with Crippen molar-refractivity contribution in [3.63, 3.8) is 0 Å². The van der Waals surface area contributed by atoms with Crippen LogP contribution in [0.25, 0.3) is 0 Å². The maximum absolute atomic E-state index is 12.7. The number of amides is 1. The number of carbonyl (C=O) groups is 1. The summed E-state index contributed by atoms with van der Waals surface area (Å²) in [5, 5.41) is 0. The van der Waals surface area contributed by atoms with Crippen molar-refractivity contribution in [2.45, 2.75) is 56.6 Å². The van der Waals surface area contributed by atoms with E-state index in [-0.39, 0.29) is 24.5 Å². The Balaban J connectivity index is 1.65. The van der Waals surface area contributed by atoms with Gasteiger partial charge in [0.15, 0.2) is 0 Å². The second-order valence-electron chi connectivity index (χ2n) is 7.34. The van der Waals surface area contributed by atoms with Gasteiger partial charge in [0.05, 0.1) is 23.5 Å². The number of benzene rings is 1. The van der Waals surface area contributed by atoms with E-state index in [0.29, 0.717) is 31.1 Å². The Morgan fingerprint density at radius 1 is 1.04 bits per heavy atom. The molecule has 2 aliphatic heterocycles. The Kier molecular flexibility index (Phi) is 5.99. The van der Waals surface area contributed by atoms with Gasteiger partial charge in [-0.25, -0.2) is 8.42 Å². The number of nitrogens with zero attached hydrogens (tertiary/aromatic N) is 2. The molecule has 0 aliphatic carbocycles. The number of ether oxygens (including phenoxy) is 1. The van der Waals surface area contributed by atoms with Crippen molar-refractivity contribution in [1.29, 1.82) is 0 Å². The summed E-state index contributed by atoms with van der Waals surface area (Å²) in [5.74, 6) is 0.0543. The Labute approximate surface area is 156 Å². The van der Waals surface area contributed by atoms with Crippen LogP contribution < -0.4 is 0 Å². The van der Waals surface area contributed by atoms with Crippen molar-refractivity contribution in [3.8, 4) is 0 Å². The summed E-state index contributed by atoms with van der Waals surface area (Å²) in [6.45, 7) is 6.33. The first kappa shape index (κ1) is 19.3. The van der Waals surface area contributed by atoms with Crippen LogP contribution >= 0.6 is 0 Å². The molecule has 3 rings (SSSR count). The molecule has 0 saturated carbocycles. The minimum atomic E-state index is -3.42. The summed E-state index contributed by atoms with van der Waals surface area (Å²) in [6.07, 6.45) is 3.29. The average molecular weight is 381 g/mol. The van der Waals surface area contributed by atoms with Gasteiger partial charge >= 0.3 is 0 Å². The van der Waals surface area contributed by atoms with Crippen LogP contribution in [-0.2, 0) is 26.0 Å². The number of piperidine rings is 1. The fraction of sp³-hybridized carbons (Fsp3) is 0.632. The van der Waals surface area contributed by atoms with E-state index >= 15 is 0 Å². The first-order chi connectivity index (χ1) is 12.4. The van der Waals surface area contributed by atoms with E-state index in [1.165, 1.54) is 0 Å². The van der Waals surface area contributed by atoms with Crippen molar-refractivity contribution in [3.05, 3.63) is 29.8 Å². The van der Waals surface area contributed by atoms with Crippen LogP contribution in [-0.4, -0.2) is 61.9 Å². The highest BCUT2D eigenvalue weighted by atomic mass is 32.2. The highest BCUT2D eigenvalue weighted by Crippen LogP contribution is 2.21. The highest BCUT2D eigenvalue weighted by molar-refractivity contribution is 7.89. The molecule has 2 fully saturated rings. The van der Waals surface area contributed by atoms with E-state index in [4.69, 9.17) is 4.74 Å². The molecular weight excluding hydrogens is 352 g/mol. The largest absolute Gasteiger partial charge is 0.372 e. The smallest absolute Gasteiger partial charge is 0.243 e. The van der Waals surface area contributed by atoms with Gasteiger partial charge in [0.1, 0.15) is 0 Å². The molecule has 0 N–H and O–H groups in total. The molecule has 7 heteroatoms. The van der Waals surface area contributed by atoms with E-state index in [1.54, 1.807) is 28.6 Å². The third kappa shape index (κ3) is 4.45. The first-order valence-corrected chi connectivity index (χ1v) is 10.8. The minimum absolute atomic E-state index is 0.0414. The summed E-state index contributed by atoms with van der Waals surface area (Å²) >= 11 is 0. The third-order valence-electron chi connectivity index (χ3n) is 5.00. The highest BCUT2D eigenvalue weighted by Gasteiger charge is 2.27. The van der Waals surface area contributed by atoms with Gasteiger partial charge in [-0.15, -0.1) is 0 Å². The second kappa shape index (κ2) is 8.06. The molecule has 2 aliphatic rings. The molecule has 0 unspecified atom stereocenters. The van der Waals surface area contributed by atoms with Crippen LogP contribution in [0.2, 0.25) is 0 Å². The molecule has 1 aromatic carbocycles. The standard InChI is InChI=1S/C19H28N2O4S/c1-15-13-20(14-16(2)25-15)19(22)12-17-6-8-18(9-7-17)26(23,24)21-10-4-3-5-11-21/h6-9,15-16H,3-5,10-14H2,1-2H3/t15-,16-/m1/s1. The molecule has 0 aromatic heterocycles. The summed E-state index contributed by atoms with van der Waals surface area (Å²) < 4.78 is 32.6. The van der Waals surface area contributed by atoms with Crippen molar-refractivity contribution in [1.82, 2.24) is 9.21 Å². The van der Waals surface area contributed by atoms with Gasteiger partial charge in [0, 0.05) is 26.2 Å². The Hall–Kier alpha value is -1.44. The van der Waals surface area contributed by atoms with Crippen LogP contribution in [0.1, 0.15) is 38.7 Å². The number of sulfonamides is 1. The van der Waals surface area contributed by atoms with Crippen LogP contribution in [0, 0.1) is 0 Å². The van der Waals surface area contributed by atoms with Crippen molar-refractivity contribution in [2.75, 3.05) is 26.2 Å². The first-order valence-electron chi connectivity index (χ1n) is 9.38. The van der Waals surface area contributed by atoms with E-state index in [9.17, 15) is 13.2 Å². The van der Waals surface area contributed by atoms with Crippen LogP contribution in [0.5, 0.6) is 0 Å². The SMILES string of the molecule is C[C@@H]1CN(C(=O)Cc2ccc(S(=O)(=O)N3CCCCC3)cc2)C[C@@H](C)O1. The molecule has 6 nitrogen and oxygen atoms in total. The molecule has 1 aromatic rings. The summed E-state index contributed by atoms with van der Waals surface area (Å²) in [5.41, 5.74) is 0.833. The van der Waals surface area contributed by atoms with Crippen LogP contribution in [0.3, 0.4) is 0 Å². The van der Waals surface area contributed by atoms with E-state index in [0.717, 1.165) is 24.8 Å². The zero-order chi connectivity index (χ0) is 18.7. The maximum Gasteiger partial charge on any atom is 0.243 e. The zero-order valence-corrected chi connectivity index (χ0v) is 16.4. The van der Waals surface area contributed by atoms with Gasteiger partial charge in [-0.05, 0) is 44.4 Å². The van der Waals surface area contributed by atoms with Gasteiger partial charge in [-0.3, -0.25) is 4.79 Å². The molecule has 0 spiro atoms. The number of rotatable bonds is 4. The summed E-state index contributed by atoms with van der Waals surface area (Å²) in [7, 11) is -3.42. The van der Waals surface area contributed by atoms with Crippen molar-refractivity contribution >= 4 is 15.9 Å². The molecular formula is C19H28N2O4S. The molecule has 144 valence electrons. The van der Waals surface area contributed by atoms with Crippen LogP contribution in [0.4, 0.5) is 0 Å². The van der Waals surface area contributed by atoms with E-state index in [1.807, 2.05) is 18.7 Å². The third-order valence-corrected chi connectivity index (χ3v) is 6.92. The lowest BCUT2D eigenvalue weighted by Crippen LogP contribution is -2.48. The Morgan fingerprint density at radius 2 is 1.62 bits per heavy atom. The Morgan fingerprint density at radius 3 is 2.19 bits per heavy atom. The Bertz CT molecular complexity index is 716. The van der Waals surface area contributed by atoms with E-state index < -0.39 is 10.0 Å². The summed E-state index contributed by atoms with van der Waals surface area (Å²) in [6, 6.07) is 6.75. The fourth-order valence-electron chi connectivity index (χ4n) is 3.70. The number of hydrogen-bond acceptors (Lipinski definition) is 4. The lowest BCUT2D eigenvalue weighted by atomic mass is 10.1. The molecule has 0 radical (unpaired) electrons. The molecule has 2 saturated heterocycles. The number of morpholine rings is 1. The lowest BCUT2D eigenvalue weighted by molar-refractivity contribution is -0.142. The topological polar surface area (TPSA) is 66.9 Å². The molecule has 26 heavy (non-hydrogen) atoms. The van der Waals surface area contributed by atoms with Gasteiger partial charge in [-0.1, -0.05) is 18.6 Å². The van der Waals surface area contributed by atoms with E-state index in [2.05, 4.69) is 0 Å². The lowest BCUT2D eigenvalue weighted by Gasteiger charge is -2.35. The molecule has 1 amide bonds. The van der Waals surface area contributed by atoms with Gasteiger partial charge < -0.3 is 9.64 Å². The predicted octanol–water partition coefficient (Wildman–Crippen LogP) is 2.04. The molecule has 2 atom stereocenters. The second-order valence-corrected chi connectivity index (χ2v) is 9.28. The van der Waals surface area contributed by atoms with Gasteiger partial charge in [0.25, 0.3) is 0 Å². The average Bonchev–Trinajstić information content (AvgIpc) is 2.62. The molecule has 2 heterocycles. The van der Waals surface area contributed by atoms with Crippen molar-refractivity contribution in [2.24, 2.45) is 0 Å². The number of carbonyl (C=O) groups excluding carboxylic acids is 1. The minimum Gasteiger partial charge on any atom is -0.372 e. The van der Waals surface area contributed by atoms with Gasteiger partial charge in [0.2, 0.25) is 15.9 Å². The molecule has 0 bridgehead atoms. The normalized spacial score (nSPS) is 25.2. The fourth-order valence-corrected chi connectivity index (χ4v) is 5.22. The van der Waals surface area contributed by atoms with Gasteiger partial charge in [-0.2, -0.15) is 4.31 Å². The predicted molar refractivity (Wildman–Crippen MR) is 99.3 cm³/mol. The van der Waals surface area contributed by atoms with Crippen molar-refractivity contribution < 1.29 is 17.9 Å². The quantitative estimate of drug-likeness (QED) is 0.802. The monoisotopic (exact) mass is 380 g/mol. The zero-order valence-electron chi connectivity index (χ0n) is 15.6. The van der Waals surface area contributed by atoms with Crippen LogP contribution in [0.15, 0.2) is 29.2 Å².